The minimum Gasteiger partial charge on any atom is -0.310 e. The molecule has 2 heteroatoms. The zero-order valence-electron chi connectivity index (χ0n) is 31.8. The van der Waals surface area contributed by atoms with E-state index < -0.39 is 0 Å². The number of aromatic nitrogens is 1. The van der Waals surface area contributed by atoms with Crippen molar-refractivity contribution in [3.8, 4) is 39.1 Å². The summed E-state index contributed by atoms with van der Waals surface area (Å²) >= 11 is 0. The van der Waals surface area contributed by atoms with Gasteiger partial charge in [0.2, 0.25) is 0 Å². The van der Waals surface area contributed by atoms with Gasteiger partial charge in [0.1, 0.15) is 0 Å². The van der Waals surface area contributed by atoms with Gasteiger partial charge < -0.3 is 9.47 Å². The van der Waals surface area contributed by atoms with Crippen molar-refractivity contribution in [1.29, 1.82) is 0 Å². The van der Waals surface area contributed by atoms with Crippen LogP contribution in [0.5, 0.6) is 0 Å². The summed E-state index contributed by atoms with van der Waals surface area (Å²) < 4.78 is 2.44. The minimum atomic E-state index is 1.10. The normalized spacial score (nSPS) is 11.4. The van der Waals surface area contributed by atoms with Crippen LogP contribution in [0.25, 0.3) is 82.4 Å². The topological polar surface area (TPSA) is 8.17 Å². The molecule has 2 nitrogen and oxygen atoms in total. The molecule has 0 saturated heterocycles. The van der Waals surface area contributed by atoms with Crippen LogP contribution in [0.15, 0.2) is 231 Å². The van der Waals surface area contributed by atoms with Crippen LogP contribution in [0.1, 0.15) is 0 Å². The van der Waals surface area contributed by atoms with Gasteiger partial charge >= 0.3 is 0 Å². The molecule has 1 aromatic heterocycles. The van der Waals surface area contributed by atoms with Crippen LogP contribution in [-0.2, 0) is 0 Å². The Balaban J connectivity index is 0.999. The van der Waals surface area contributed by atoms with Gasteiger partial charge in [-0.1, -0.05) is 170 Å². The number of nitrogens with zero attached hydrogens (tertiary/aromatic N) is 2. The van der Waals surface area contributed by atoms with E-state index in [4.69, 9.17) is 0 Å². The fourth-order valence-corrected chi connectivity index (χ4v) is 8.68. The maximum atomic E-state index is 2.44. The summed E-state index contributed by atoms with van der Waals surface area (Å²) in [6, 6.07) is 83.6. The highest BCUT2D eigenvalue weighted by Crippen LogP contribution is 2.41. The molecule has 1 heterocycles. The van der Waals surface area contributed by atoms with Crippen LogP contribution in [0, 0.1) is 0 Å². The molecule has 0 atom stereocenters. The number of rotatable bonds is 7. The lowest BCUT2D eigenvalue weighted by Gasteiger charge is -2.26. The Kier molecular flexibility index (Phi) is 8.19. The molecule has 0 radical (unpaired) electrons. The number of hydrogen-bond acceptors (Lipinski definition) is 1. The van der Waals surface area contributed by atoms with Gasteiger partial charge in [-0.05, 0) is 110 Å². The molecule has 0 saturated carbocycles. The number of anilines is 3. The third-order valence-corrected chi connectivity index (χ3v) is 11.5. The molecule has 11 rings (SSSR count). The third-order valence-electron chi connectivity index (χ3n) is 11.5. The smallest absolute Gasteiger partial charge is 0.0619 e. The fraction of sp³-hybridized carbons (Fsp3) is 0. The van der Waals surface area contributed by atoms with E-state index in [0.29, 0.717) is 0 Å². The Bertz CT molecular complexity index is 3250. The Morgan fingerprint density at radius 2 is 0.776 bits per heavy atom. The first-order chi connectivity index (χ1) is 28.7. The molecule has 0 amide bonds. The van der Waals surface area contributed by atoms with Gasteiger partial charge in [0.05, 0.1) is 11.0 Å². The van der Waals surface area contributed by atoms with Crippen molar-refractivity contribution < 1.29 is 0 Å². The first-order valence-electron chi connectivity index (χ1n) is 19.9. The number of fused-ring (bicyclic) bond motifs is 6. The molecule has 0 unspecified atom stereocenters. The van der Waals surface area contributed by atoms with Gasteiger partial charge in [0.15, 0.2) is 0 Å². The lowest BCUT2D eigenvalue weighted by molar-refractivity contribution is 1.19. The molecule has 0 aliphatic carbocycles. The van der Waals surface area contributed by atoms with E-state index in [1.54, 1.807) is 0 Å². The standard InChI is InChI=1S/C56H38N2/c1-3-12-39(13-4-1)44-17-11-18-45(36-44)41-22-29-49(30-23-41)57(51-33-26-40-14-7-8-16-46(40)37-51)50-31-24-42(25-32-50)47-28-34-53-54-35-27-43-15-9-10-21-52(43)56(54)58(55(53)38-47)48-19-5-2-6-20-48/h1-38H. The molecule has 10 aromatic carbocycles. The van der Waals surface area contributed by atoms with E-state index >= 15 is 0 Å². The van der Waals surface area contributed by atoms with Gasteiger partial charge in [0.25, 0.3) is 0 Å². The van der Waals surface area contributed by atoms with Crippen molar-refractivity contribution in [2.24, 2.45) is 0 Å². The van der Waals surface area contributed by atoms with Gasteiger partial charge in [-0.2, -0.15) is 0 Å². The van der Waals surface area contributed by atoms with Crippen LogP contribution in [0.4, 0.5) is 17.1 Å². The first-order valence-corrected chi connectivity index (χ1v) is 19.9. The van der Waals surface area contributed by atoms with Crippen molar-refractivity contribution in [3.63, 3.8) is 0 Å². The van der Waals surface area contributed by atoms with Crippen molar-refractivity contribution in [2.75, 3.05) is 4.90 Å². The summed E-state index contributed by atoms with van der Waals surface area (Å²) in [4.78, 5) is 2.36. The summed E-state index contributed by atoms with van der Waals surface area (Å²) in [5.41, 5.74) is 14.1. The monoisotopic (exact) mass is 738 g/mol. The van der Waals surface area contributed by atoms with E-state index in [0.717, 1.165) is 22.7 Å². The van der Waals surface area contributed by atoms with Gasteiger partial charge in [-0.15, -0.1) is 0 Å². The Hall–Kier alpha value is -7.68. The molecule has 0 aliphatic heterocycles. The number of hydrogen-bond donors (Lipinski definition) is 0. The second-order valence-corrected chi connectivity index (χ2v) is 15.0. The molecule has 58 heavy (non-hydrogen) atoms. The lowest BCUT2D eigenvalue weighted by Crippen LogP contribution is -2.09. The average molecular weight is 739 g/mol. The van der Waals surface area contributed by atoms with Crippen LogP contribution >= 0.6 is 0 Å². The summed E-state index contributed by atoms with van der Waals surface area (Å²) in [6.07, 6.45) is 0. The first kappa shape index (κ1) is 33.6. The lowest BCUT2D eigenvalue weighted by atomic mass is 9.98. The van der Waals surface area contributed by atoms with Crippen molar-refractivity contribution >= 4 is 60.4 Å². The molecular weight excluding hydrogens is 701 g/mol. The SMILES string of the molecule is c1ccc(-c2cccc(-c3ccc(N(c4ccc(-c5ccc6c7ccc8ccccc8c7n(-c7ccccc7)c6c5)cc4)c4ccc5ccccc5c4)cc3)c2)cc1. The Morgan fingerprint density at radius 3 is 1.48 bits per heavy atom. The predicted molar refractivity (Wildman–Crippen MR) is 247 cm³/mol. The van der Waals surface area contributed by atoms with Gasteiger partial charge in [-0.3, -0.25) is 0 Å². The highest BCUT2D eigenvalue weighted by molar-refractivity contribution is 6.19. The second-order valence-electron chi connectivity index (χ2n) is 15.0. The predicted octanol–water partition coefficient (Wildman–Crippen LogP) is 15.6. The van der Waals surface area contributed by atoms with Crippen molar-refractivity contribution in [3.05, 3.63) is 231 Å². The maximum Gasteiger partial charge on any atom is 0.0619 e. The zero-order valence-corrected chi connectivity index (χ0v) is 31.8. The second kappa shape index (κ2) is 14.1. The highest BCUT2D eigenvalue weighted by Gasteiger charge is 2.17. The van der Waals surface area contributed by atoms with E-state index in [9.17, 15) is 0 Å². The Labute approximate surface area is 338 Å². The number of para-hydroxylation sites is 1. The van der Waals surface area contributed by atoms with Crippen LogP contribution in [0.3, 0.4) is 0 Å². The van der Waals surface area contributed by atoms with Crippen LogP contribution < -0.4 is 4.90 Å². The van der Waals surface area contributed by atoms with E-state index in [2.05, 4.69) is 240 Å². The largest absolute Gasteiger partial charge is 0.310 e. The maximum absolute atomic E-state index is 2.44. The van der Waals surface area contributed by atoms with Crippen molar-refractivity contribution in [1.82, 2.24) is 4.57 Å². The minimum absolute atomic E-state index is 1.10. The quantitative estimate of drug-likeness (QED) is 0.158. The average Bonchev–Trinajstić information content (AvgIpc) is 3.64. The van der Waals surface area contributed by atoms with Gasteiger partial charge in [-0.25, -0.2) is 0 Å². The molecule has 0 spiro atoms. The molecule has 0 fully saturated rings. The summed E-state index contributed by atoms with van der Waals surface area (Å²) in [5.74, 6) is 0. The molecule has 0 aliphatic rings. The van der Waals surface area contributed by atoms with E-state index in [1.165, 1.54) is 76.7 Å². The molecule has 11 aromatic rings. The fourth-order valence-electron chi connectivity index (χ4n) is 8.68. The van der Waals surface area contributed by atoms with Crippen LogP contribution in [-0.4, -0.2) is 4.57 Å². The number of benzene rings is 10. The summed E-state index contributed by atoms with van der Waals surface area (Å²) in [6.45, 7) is 0. The van der Waals surface area contributed by atoms with E-state index in [-0.39, 0.29) is 0 Å². The van der Waals surface area contributed by atoms with Crippen LogP contribution in [0.2, 0.25) is 0 Å². The zero-order chi connectivity index (χ0) is 38.4. The Morgan fingerprint density at radius 1 is 0.276 bits per heavy atom. The van der Waals surface area contributed by atoms with E-state index in [1.807, 2.05) is 0 Å². The van der Waals surface area contributed by atoms with Gasteiger partial charge in [0, 0.05) is 38.9 Å². The summed E-state index contributed by atoms with van der Waals surface area (Å²) in [7, 11) is 0. The summed E-state index contributed by atoms with van der Waals surface area (Å²) in [5, 5.41) is 7.46. The van der Waals surface area contributed by atoms with Crippen molar-refractivity contribution in [2.45, 2.75) is 0 Å². The molecule has 0 N–H and O–H groups in total. The highest BCUT2D eigenvalue weighted by atomic mass is 15.1. The molecule has 0 bridgehead atoms. The molecular formula is C56H38N2. The molecule has 272 valence electrons. The third kappa shape index (κ3) is 5.91.